The summed E-state index contributed by atoms with van der Waals surface area (Å²) in [5.74, 6) is -2.57. The number of thiophene rings is 1. The highest BCUT2D eigenvalue weighted by molar-refractivity contribution is 7.21. The summed E-state index contributed by atoms with van der Waals surface area (Å²) in [6.45, 7) is 7.39. The number of rotatable bonds is 3. The molecular weight excluding hydrogens is 283 g/mol. The maximum Gasteiger partial charge on any atom is 0.506 e. The van der Waals surface area contributed by atoms with E-state index in [2.05, 4.69) is 0 Å². The summed E-state index contributed by atoms with van der Waals surface area (Å²) in [6, 6.07) is 0. The van der Waals surface area contributed by atoms with Gasteiger partial charge in [-0.05, 0) is 27.7 Å². The molecule has 2 N–H and O–H groups in total. The van der Waals surface area contributed by atoms with Crippen molar-refractivity contribution < 1.29 is 29.1 Å². The summed E-state index contributed by atoms with van der Waals surface area (Å²) < 4.78 is 11.8. The van der Waals surface area contributed by atoms with E-state index in [1.165, 1.54) is 5.38 Å². The molecule has 1 aromatic rings. The molecule has 1 aromatic heterocycles. The fourth-order valence-corrected chi connectivity index (χ4v) is 2.86. The summed E-state index contributed by atoms with van der Waals surface area (Å²) >= 11 is 1.02. The molecule has 1 aliphatic heterocycles. The van der Waals surface area contributed by atoms with E-state index in [1.807, 2.05) is 27.7 Å². The maximum absolute atomic E-state index is 11.3. The lowest BCUT2D eigenvalue weighted by molar-refractivity contribution is 0.00578. The minimum absolute atomic E-state index is 0.243. The van der Waals surface area contributed by atoms with Gasteiger partial charge in [0.05, 0.1) is 27.1 Å². The third-order valence-corrected chi connectivity index (χ3v) is 4.74. The summed E-state index contributed by atoms with van der Waals surface area (Å²) in [5, 5.41) is 19.6. The van der Waals surface area contributed by atoms with Crippen LogP contribution in [0, 0.1) is 0 Å². The average Bonchev–Trinajstić information content (AvgIpc) is 2.78. The van der Waals surface area contributed by atoms with Crippen LogP contribution in [-0.2, 0) is 9.31 Å². The van der Waals surface area contributed by atoms with Crippen molar-refractivity contribution in [2.75, 3.05) is 0 Å². The zero-order chi connectivity index (χ0) is 15.3. The fourth-order valence-electron chi connectivity index (χ4n) is 1.87. The van der Waals surface area contributed by atoms with Crippen LogP contribution in [0.2, 0.25) is 0 Å². The quantitative estimate of drug-likeness (QED) is 0.820. The number of hydrogen-bond acceptors (Lipinski definition) is 5. The number of carboxylic acids is 2. The van der Waals surface area contributed by atoms with E-state index in [0.29, 0.717) is 0 Å². The molecule has 1 saturated heterocycles. The van der Waals surface area contributed by atoms with Crippen LogP contribution in [0.15, 0.2) is 5.38 Å². The molecule has 2 rings (SSSR count). The van der Waals surface area contributed by atoms with Crippen LogP contribution < -0.4 is 4.78 Å². The van der Waals surface area contributed by atoms with Crippen LogP contribution in [0.5, 0.6) is 0 Å². The molecule has 1 aliphatic rings. The molecule has 0 atom stereocenters. The van der Waals surface area contributed by atoms with Crippen molar-refractivity contribution in [3.05, 3.63) is 16.5 Å². The second-order valence-corrected chi connectivity index (χ2v) is 6.50. The molecule has 0 spiro atoms. The Kier molecular flexibility index (Phi) is 3.44. The second-order valence-electron chi connectivity index (χ2n) is 5.59. The van der Waals surface area contributed by atoms with Crippen LogP contribution in [0.4, 0.5) is 0 Å². The van der Waals surface area contributed by atoms with Gasteiger partial charge in [0.15, 0.2) is 0 Å². The third kappa shape index (κ3) is 2.23. The van der Waals surface area contributed by atoms with Gasteiger partial charge < -0.3 is 19.5 Å². The maximum atomic E-state index is 11.3. The average molecular weight is 298 g/mol. The van der Waals surface area contributed by atoms with Gasteiger partial charge in [0.25, 0.3) is 0 Å². The van der Waals surface area contributed by atoms with E-state index >= 15 is 0 Å². The Morgan fingerprint density at radius 2 is 1.60 bits per heavy atom. The van der Waals surface area contributed by atoms with Crippen molar-refractivity contribution in [3.63, 3.8) is 0 Å². The number of carboxylic acid groups (broad SMARTS) is 2. The van der Waals surface area contributed by atoms with Gasteiger partial charge in [0.2, 0.25) is 0 Å². The van der Waals surface area contributed by atoms with Crippen LogP contribution in [0.3, 0.4) is 0 Å². The van der Waals surface area contributed by atoms with Gasteiger partial charge in [-0.1, -0.05) is 0 Å². The third-order valence-electron chi connectivity index (χ3n) is 3.73. The first kappa shape index (κ1) is 15.0. The lowest BCUT2D eigenvalue weighted by Gasteiger charge is -2.32. The van der Waals surface area contributed by atoms with Crippen LogP contribution in [0.1, 0.15) is 48.4 Å². The highest BCUT2D eigenvalue weighted by Crippen LogP contribution is 2.37. The van der Waals surface area contributed by atoms with E-state index < -0.39 is 30.3 Å². The van der Waals surface area contributed by atoms with Gasteiger partial charge in [-0.3, -0.25) is 0 Å². The van der Waals surface area contributed by atoms with E-state index in [4.69, 9.17) is 14.4 Å². The van der Waals surface area contributed by atoms with Crippen molar-refractivity contribution in [1.29, 1.82) is 0 Å². The molecule has 0 aliphatic carbocycles. The lowest BCUT2D eigenvalue weighted by Crippen LogP contribution is -2.41. The number of carbonyl (C=O) groups is 2. The van der Waals surface area contributed by atoms with Gasteiger partial charge in [-0.25, -0.2) is 9.59 Å². The normalized spacial score (nSPS) is 20.1. The summed E-state index contributed by atoms with van der Waals surface area (Å²) in [4.78, 5) is 22.4. The fraction of sp³-hybridized carbons (Fsp3) is 0.500. The monoisotopic (exact) mass is 298 g/mol. The van der Waals surface area contributed by atoms with Crippen molar-refractivity contribution in [2.24, 2.45) is 0 Å². The molecule has 0 saturated carbocycles. The Morgan fingerprint density at radius 1 is 1.10 bits per heavy atom. The Hall–Kier alpha value is -1.38. The van der Waals surface area contributed by atoms with Crippen molar-refractivity contribution in [3.8, 4) is 0 Å². The second kappa shape index (κ2) is 4.58. The molecule has 0 unspecified atom stereocenters. The highest BCUT2D eigenvalue weighted by Gasteiger charge is 2.53. The SMILES string of the molecule is CC1(C)OB(c2scc(C(=O)O)c2C(=O)O)OC1(C)C. The topological polar surface area (TPSA) is 93.1 Å². The first-order valence-electron chi connectivity index (χ1n) is 6.00. The van der Waals surface area contributed by atoms with E-state index in [9.17, 15) is 14.7 Å². The molecule has 0 bridgehead atoms. The summed E-state index contributed by atoms with van der Waals surface area (Å²) in [7, 11) is -0.871. The summed E-state index contributed by atoms with van der Waals surface area (Å²) in [5.41, 5.74) is -1.73. The van der Waals surface area contributed by atoms with Crippen molar-refractivity contribution in [2.45, 2.75) is 38.9 Å². The Bertz CT molecular complexity index is 561. The Morgan fingerprint density at radius 3 is 2.00 bits per heavy atom. The number of hydrogen-bond donors (Lipinski definition) is 2. The predicted octanol–water partition coefficient (Wildman–Crippen LogP) is 1.44. The zero-order valence-corrected chi connectivity index (χ0v) is 12.4. The molecule has 0 radical (unpaired) electrons. The molecule has 0 aromatic carbocycles. The molecule has 108 valence electrons. The minimum atomic E-state index is -1.30. The molecule has 6 nitrogen and oxygen atoms in total. The van der Waals surface area contributed by atoms with E-state index in [-0.39, 0.29) is 15.9 Å². The first-order chi connectivity index (χ1) is 9.07. The zero-order valence-electron chi connectivity index (χ0n) is 11.6. The molecular formula is C12H15BO6S. The Labute approximate surface area is 120 Å². The van der Waals surface area contributed by atoms with Crippen LogP contribution in [-0.4, -0.2) is 40.5 Å². The first-order valence-corrected chi connectivity index (χ1v) is 6.88. The minimum Gasteiger partial charge on any atom is -0.478 e. The molecule has 8 heteroatoms. The van der Waals surface area contributed by atoms with Crippen molar-refractivity contribution in [1.82, 2.24) is 0 Å². The largest absolute Gasteiger partial charge is 0.506 e. The van der Waals surface area contributed by atoms with Gasteiger partial charge in [0.1, 0.15) is 0 Å². The molecule has 1 fully saturated rings. The van der Waals surface area contributed by atoms with Crippen molar-refractivity contribution >= 4 is 35.2 Å². The standard InChI is InChI=1S/C12H15BO6S/c1-11(2)12(3,4)19-13(18-11)8-7(10(16)17)6(5-20-8)9(14)15/h5H,1-4H3,(H,14,15)(H,16,17). The summed E-state index contributed by atoms with van der Waals surface area (Å²) in [6.07, 6.45) is 0. The van der Waals surface area contributed by atoms with Crippen LogP contribution >= 0.6 is 11.3 Å². The van der Waals surface area contributed by atoms with Gasteiger partial charge in [0, 0.05) is 5.38 Å². The molecule has 0 amide bonds. The smallest absolute Gasteiger partial charge is 0.478 e. The lowest BCUT2D eigenvalue weighted by atomic mass is 9.83. The molecule has 20 heavy (non-hydrogen) atoms. The van der Waals surface area contributed by atoms with Gasteiger partial charge in [-0.15, -0.1) is 0 Å². The van der Waals surface area contributed by atoms with Gasteiger partial charge in [-0.2, -0.15) is 11.3 Å². The van der Waals surface area contributed by atoms with Crippen LogP contribution in [0.25, 0.3) is 0 Å². The number of aromatic carboxylic acids is 2. The van der Waals surface area contributed by atoms with Gasteiger partial charge >= 0.3 is 19.1 Å². The molecule has 2 heterocycles. The highest BCUT2D eigenvalue weighted by atomic mass is 32.1. The Balaban J connectivity index is 2.46. The van der Waals surface area contributed by atoms with E-state index in [0.717, 1.165) is 11.3 Å². The van der Waals surface area contributed by atoms with E-state index in [1.54, 1.807) is 0 Å². The predicted molar refractivity (Wildman–Crippen MR) is 74.0 cm³/mol.